The van der Waals surface area contributed by atoms with E-state index in [1.165, 1.54) is 6.07 Å². The third kappa shape index (κ3) is 2.06. The van der Waals surface area contributed by atoms with Gasteiger partial charge in [-0.25, -0.2) is 14.4 Å². The summed E-state index contributed by atoms with van der Waals surface area (Å²) >= 11 is 6.17. The van der Waals surface area contributed by atoms with Crippen LogP contribution in [0.25, 0.3) is 22.3 Å². The smallest absolute Gasteiger partial charge is 0.161 e. The third-order valence-electron chi connectivity index (χ3n) is 3.00. The molecule has 0 spiro atoms. The molecule has 3 rings (SSSR count). The summed E-state index contributed by atoms with van der Waals surface area (Å²) in [7, 11) is 0. The summed E-state index contributed by atoms with van der Waals surface area (Å²) in [5, 5.41) is 0.849. The second-order valence-corrected chi connectivity index (χ2v) is 4.65. The maximum Gasteiger partial charge on any atom is 0.161 e. The number of rotatable bonds is 1. The normalized spacial score (nSPS) is 10.9. The monoisotopic (exact) mass is 272 g/mol. The largest absolute Gasteiger partial charge is 0.225 e. The summed E-state index contributed by atoms with van der Waals surface area (Å²) < 4.78 is 13.9. The molecule has 0 atom stereocenters. The van der Waals surface area contributed by atoms with Gasteiger partial charge >= 0.3 is 0 Å². The number of halogens is 2. The highest BCUT2D eigenvalue weighted by Gasteiger charge is 2.12. The van der Waals surface area contributed by atoms with Crippen molar-refractivity contribution in [3.8, 4) is 11.4 Å². The molecule has 0 aliphatic rings. The van der Waals surface area contributed by atoms with Crippen LogP contribution in [0.5, 0.6) is 0 Å². The van der Waals surface area contributed by atoms with Crippen molar-refractivity contribution in [1.29, 1.82) is 0 Å². The second kappa shape index (κ2) is 4.59. The Hall–Kier alpha value is -2.00. The molecule has 3 aromatic rings. The van der Waals surface area contributed by atoms with E-state index in [1.807, 2.05) is 37.3 Å². The molecule has 0 saturated heterocycles. The van der Waals surface area contributed by atoms with Gasteiger partial charge in [0.25, 0.3) is 0 Å². The summed E-state index contributed by atoms with van der Waals surface area (Å²) in [4.78, 5) is 8.56. The lowest BCUT2D eigenvalue weighted by molar-refractivity contribution is 0.636. The van der Waals surface area contributed by atoms with Gasteiger partial charge in [0.1, 0.15) is 16.5 Å². The molecule has 0 saturated carbocycles. The first-order valence-corrected chi connectivity index (χ1v) is 6.22. The first-order valence-electron chi connectivity index (χ1n) is 5.84. The number of fused-ring (bicyclic) bond motifs is 1. The minimum atomic E-state index is -0.387. The number of benzene rings is 2. The van der Waals surface area contributed by atoms with Crippen molar-refractivity contribution in [2.24, 2.45) is 0 Å². The predicted molar refractivity (Wildman–Crippen MR) is 74.7 cm³/mol. The molecule has 1 aromatic heterocycles. The van der Waals surface area contributed by atoms with E-state index in [1.54, 1.807) is 6.07 Å². The molecular weight excluding hydrogens is 263 g/mol. The van der Waals surface area contributed by atoms with E-state index in [2.05, 4.69) is 9.97 Å². The summed E-state index contributed by atoms with van der Waals surface area (Å²) in [6.45, 7) is 1.86. The molecule has 2 aromatic carbocycles. The van der Waals surface area contributed by atoms with Gasteiger partial charge in [0, 0.05) is 10.9 Å². The Morgan fingerprint density at radius 1 is 1.00 bits per heavy atom. The standard InChI is InChI=1S/C15H10ClFN2/c1-9-7-8-11(17)13-12(9)14(16)19-15(18-13)10-5-3-2-4-6-10/h2-8H,1H3. The molecule has 0 bridgehead atoms. The van der Waals surface area contributed by atoms with Crippen LogP contribution < -0.4 is 0 Å². The molecular formula is C15H10ClFN2. The summed E-state index contributed by atoms with van der Waals surface area (Å²) in [5.74, 6) is 0.0460. The van der Waals surface area contributed by atoms with E-state index in [9.17, 15) is 4.39 Å². The Morgan fingerprint density at radius 2 is 1.74 bits per heavy atom. The molecule has 0 aliphatic carbocycles. The molecule has 0 unspecified atom stereocenters. The van der Waals surface area contributed by atoms with Crippen molar-refractivity contribution in [2.45, 2.75) is 6.92 Å². The third-order valence-corrected chi connectivity index (χ3v) is 3.27. The van der Waals surface area contributed by atoms with Crippen molar-refractivity contribution in [1.82, 2.24) is 9.97 Å². The Kier molecular flexibility index (Phi) is 2.91. The van der Waals surface area contributed by atoms with Crippen LogP contribution in [0.1, 0.15) is 5.56 Å². The SMILES string of the molecule is Cc1ccc(F)c2nc(-c3ccccc3)nc(Cl)c12. The Labute approximate surface area is 114 Å². The molecule has 2 nitrogen and oxygen atoms in total. The maximum atomic E-state index is 13.9. The van der Waals surface area contributed by atoms with Crippen LogP contribution in [0, 0.1) is 12.7 Å². The van der Waals surface area contributed by atoms with Gasteiger partial charge in [0.05, 0.1) is 0 Å². The molecule has 19 heavy (non-hydrogen) atoms. The van der Waals surface area contributed by atoms with Gasteiger partial charge in [-0.3, -0.25) is 0 Å². The first kappa shape index (κ1) is 12.1. The zero-order valence-electron chi connectivity index (χ0n) is 10.2. The van der Waals surface area contributed by atoms with Gasteiger partial charge in [0.15, 0.2) is 5.82 Å². The topological polar surface area (TPSA) is 25.8 Å². The summed E-state index contributed by atoms with van der Waals surface area (Å²) in [6.07, 6.45) is 0. The highest BCUT2D eigenvalue weighted by molar-refractivity contribution is 6.34. The average Bonchev–Trinajstić information content (AvgIpc) is 2.43. The quantitative estimate of drug-likeness (QED) is 0.614. The number of hydrogen-bond acceptors (Lipinski definition) is 2. The van der Waals surface area contributed by atoms with Crippen LogP contribution in [-0.4, -0.2) is 9.97 Å². The van der Waals surface area contributed by atoms with Gasteiger partial charge in [0.2, 0.25) is 0 Å². The number of aromatic nitrogens is 2. The molecule has 94 valence electrons. The fraction of sp³-hybridized carbons (Fsp3) is 0.0667. The number of nitrogens with zero attached hydrogens (tertiary/aromatic N) is 2. The predicted octanol–water partition coefficient (Wildman–Crippen LogP) is 4.40. The fourth-order valence-corrected chi connectivity index (χ4v) is 2.35. The van der Waals surface area contributed by atoms with Gasteiger partial charge in [-0.05, 0) is 18.6 Å². The fourth-order valence-electron chi connectivity index (χ4n) is 2.03. The Bertz CT molecular complexity index is 757. The van der Waals surface area contributed by atoms with Crippen molar-refractivity contribution >= 4 is 22.5 Å². The lowest BCUT2D eigenvalue weighted by atomic mass is 10.1. The highest BCUT2D eigenvalue weighted by atomic mass is 35.5. The molecule has 4 heteroatoms. The Balaban J connectivity index is 2.34. The summed E-state index contributed by atoms with van der Waals surface area (Å²) in [6, 6.07) is 12.5. The molecule has 1 heterocycles. The summed E-state index contributed by atoms with van der Waals surface area (Å²) in [5.41, 5.74) is 1.94. The maximum absolute atomic E-state index is 13.9. The van der Waals surface area contributed by atoms with Crippen molar-refractivity contribution in [3.63, 3.8) is 0 Å². The number of aryl methyl sites for hydroxylation is 1. The van der Waals surface area contributed by atoms with Crippen LogP contribution >= 0.6 is 11.6 Å². The van der Waals surface area contributed by atoms with Crippen LogP contribution in [0.2, 0.25) is 5.15 Å². The van der Waals surface area contributed by atoms with Gasteiger partial charge in [-0.15, -0.1) is 0 Å². The zero-order valence-corrected chi connectivity index (χ0v) is 10.9. The van der Waals surface area contributed by atoms with Gasteiger partial charge < -0.3 is 0 Å². The molecule has 0 amide bonds. The highest BCUT2D eigenvalue weighted by Crippen LogP contribution is 2.28. The van der Waals surface area contributed by atoms with Crippen LogP contribution in [-0.2, 0) is 0 Å². The van der Waals surface area contributed by atoms with E-state index in [4.69, 9.17) is 11.6 Å². The van der Waals surface area contributed by atoms with Crippen molar-refractivity contribution in [3.05, 3.63) is 59.0 Å². The number of hydrogen-bond donors (Lipinski definition) is 0. The lowest BCUT2D eigenvalue weighted by Crippen LogP contribution is -1.95. The minimum absolute atomic E-state index is 0.263. The van der Waals surface area contributed by atoms with E-state index < -0.39 is 0 Å². The second-order valence-electron chi connectivity index (χ2n) is 4.29. The van der Waals surface area contributed by atoms with Crippen LogP contribution in [0.15, 0.2) is 42.5 Å². The van der Waals surface area contributed by atoms with Crippen molar-refractivity contribution in [2.75, 3.05) is 0 Å². The van der Waals surface area contributed by atoms with E-state index >= 15 is 0 Å². The van der Waals surface area contributed by atoms with Gasteiger partial charge in [-0.1, -0.05) is 48.0 Å². The molecule has 0 radical (unpaired) electrons. The van der Waals surface area contributed by atoms with Crippen LogP contribution in [0.4, 0.5) is 4.39 Å². The lowest BCUT2D eigenvalue weighted by Gasteiger charge is -2.07. The van der Waals surface area contributed by atoms with E-state index in [0.29, 0.717) is 11.2 Å². The molecule has 0 aliphatic heterocycles. The zero-order chi connectivity index (χ0) is 13.4. The minimum Gasteiger partial charge on any atom is -0.225 e. The van der Waals surface area contributed by atoms with Crippen molar-refractivity contribution < 1.29 is 4.39 Å². The molecule has 0 N–H and O–H groups in total. The Morgan fingerprint density at radius 3 is 2.47 bits per heavy atom. The average molecular weight is 273 g/mol. The first-order chi connectivity index (χ1) is 9.16. The van der Waals surface area contributed by atoms with E-state index in [-0.39, 0.29) is 16.5 Å². The van der Waals surface area contributed by atoms with Crippen LogP contribution in [0.3, 0.4) is 0 Å². The van der Waals surface area contributed by atoms with Gasteiger partial charge in [-0.2, -0.15) is 0 Å². The van der Waals surface area contributed by atoms with E-state index in [0.717, 1.165) is 11.1 Å². The molecule has 0 fully saturated rings.